The molecule has 0 unspecified atom stereocenters. The van der Waals surface area contributed by atoms with Crippen molar-refractivity contribution in [3.63, 3.8) is 0 Å². The number of nitrogens with one attached hydrogen (secondary N) is 4. The number of nitrogens with zero attached hydrogens (tertiary/aromatic N) is 2. The van der Waals surface area contributed by atoms with Gasteiger partial charge < -0.3 is 31.8 Å². The highest BCUT2D eigenvalue weighted by Gasteiger charge is 2.12. The zero-order valence-electron chi connectivity index (χ0n) is 21.4. The average molecular weight is 541 g/mol. The first-order chi connectivity index (χ1) is 18.9. The number of halogens is 1. The minimum absolute atomic E-state index is 0.0527. The van der Waals surface area contributed by atoms with Crippen LogP contribution in [0, 0.1) is 0 Å². The Bertz CT molecular complexity index is 1290. The van der Waals surface area contributed by atoms with Gasteiger partial charge in [-0.15, -0.1) is 0 Å². The van der Waals surface area contributed by atoms with E-state index in [0.29, 0.717) is 30.8 Å². The maximum Gasteiger partial charge on any atom is 0.326 e. The fraction of sp³-hybridized carbons (Fsp3) is 0.308. The highest BCUT2D eigenvalue weighted by atomic mass is 19.1. The third-order valence-electron chi connectivity index (χ3n) is 5.67. The van der Waals surface area contributed by atoms with Crippen molar-refractivity contribution in [3.05, 3.63) is 70.6 Å². The van der Waals surface area contributed by atoms with E-state index in [0.717, 1.165) is 31.5 Å². The molecule has 3 rings (SSSR count). The van der Waals surface area contributed by atoms with Gasteiger partial charge >= 0.3 is 12.1 Å². The summed E-state index contributed by atoms with van der Waals surface area (Å²) in [6.45, 7) is 2.30. The molecule has 0 radical (unpaired) electrons. The van der Waals surface area contributed by atoms with Crippen LogP contribution < -0.4 is 37.7 Å². The van der Waals surface area contributed by atoms with Crippen molar-refractivity contribution in [1.29, 1.82) is 0 Å². The first-order valence-corrected chi connectivity index (χ1v) is 12.4. The van der Waals surface area contributed by atoms with Crippen LogP contribution in [0.2, 0.25) is 0 Å². The molecule has 0 spiro atoms. The Morgan fingerprint density at radius 3 is 2.49 bits per heavy atom. The number of aromatic amines is 1. The van der Waals surface area contributed by atoms with Crippen molar-refractivity contribution in [2.45, 2.75) is 19.4 Å². The van der Waals surface area contributed by atoms with Gasteiger partial charge in [-0.25, -0.2) is 14.0 Å². The van der Waals surface area contributed by atoms with E-state index >= 15 is 0 Å². The SMILES string of the molecule is NCCCN(CCCNC(N)=O)Cc1ccc(-c2c[nH]c(NC(=O)Nc3ccccc3OCF)nc2=O)cc1. The Kier molecular flexibility index (Phi) is 11.2. The van der Waals surface area contributed by atoms with E-state index in [1.807, 2.05) is 24.3 Å². The van der Waals surface area contributed by atoms with Crippen molar-refractivity contribution in [1.82, 2.24) is 20.2 Å². The first kappa shape index (κ1) is 29.1. The van der Waals surface area contributed by atoms with Crippen LogP contribution in [0.4, 0.5) is 25.6 Å². The number of alkyl halides is 1. The lowest BCUT2D eigenvalue weighted by Gasteiger charge is -2.22. The number of urea groups is 2. The summed E-state index contributed by atoms with van der Waals surface area (Å²) in [6.07, 6.45) is 3.07. The summed E-state index contributed by atoms with van der Waals surface area (Å²) >= 11 is 0. The summed E-state index contributed by atoms with van der Waals surface area (Å²) < 4.78 is 17.4. The molecule has 208 valence electrons. The van der Waals surface area contributed by atoms with Crippen LogP contribution in [0.5, 0.6) is 5.75 Å². The lowest BCUT2D eigenvalue weighted by molar-refractivity contribution is 0.192. The zero-order valence-corrected chi connectivity index (χ0v) is 21.4. The molecule has 1 heterocycles. The molecule has 13 heteroatoms. The number of aromatic nitrogens is 2. The number of anilines is 2. The van der Waals surface area contributed by atoms with E-state index < -0.39 is 24.5 Å². The van der Waals surface area contributed by atoms with Gasteiger partial charge in [-0.3, -0.25) is 15.0 Å². The smallest absolute Gasteiger partial charge is 0.326 e. The number of hydrogen-bond donors (Lipinski definition) is 6. The number of benzene rings is 2. The lowest BCUT2D eigenvalue weighted by Crippen LogP contribution is -2.33. The molecule has 0 aliphatic carbocycles. The Morgan fingerprint density at radius 2 is 1.79 bits per heavy atom. The predicted octanol–water partition coefficient (Wildman–Crippen LogP) is 2.60. The van der Waals surface area contributed by atoms with Gasteiger partial charge in [-0.1, -0.05) is 36.4 Å². The number of carbonyl (C=O) groups is 2. The first-order valence-electron chi connectivity index (χ1n) is 12.4. The quantitative estimate of drug-likeness (QED) is 0.170. The summed E-state index contributed by atoms with van der Waals surface area (Å²) in [4.78, 5) is 44.8. The van der Waals surface area contributed by atoms with E-state index in [1.54, 1.807) is 18.2 Å². The number of para-hydroxylation sites is 2. The summed E-state index contributed by atoms with van der Waals surface area (Å²) in [6, 6.07) is 12.7. The van der Waals surface area contributed by atoms with Crippen molar-refractivity contribution in [3.8, 4) is 16.9 Å². The van der Waals surface area contributed by atoms with Gasteiger partial charge in [-0.05, 0) is 49.2 Å². The Labute approximate surface area is 224 Å². The van der Waals surface area contributed by atoms with Gasteiger partial charge in [0, 0.05) is 25.8 Å². The molecular formula is C26H33FN8O4. The number of ether oxygens (including phenoxy) is 1. The maximum absolute atomic E-state index is 12.7. The summed E-state index contributed by atoms with van der Waals surface area (Å²) in [5, 5.41) is 7.56. The number of H-pyrrole nitrogens is 1. The van der Waals surface area contributed by atoms with Gasteiger partial charge in [0.25, 0.3) is 5.56 Å². The van der Waals surface area contributed by atoms with E-state index in [4.69, 9.17) is 16.2 Å². The zero-order chi connectivity index (χ0) is 28.0. The van der Waals surface area contributed by atoms with Crippen molar-refractivity contribution in [2.24, 2.45) is 11.5 Å². The number of primary amides is 1. The van der Waals surface area contributed by atoms with Crippen molar-refractivity contribution < 1.29 is 18.7 Å². The minimum atomic E-state index is -1.04. The van der Waals surface area contributed by atoms with Crippen LogP contribution in [-0.4, -0.2) is 60.0 Å². The molecule has 0 bridgehead atoms. The molecule has 39 heavy (non-hydrogen) atoms. The van der Waals surface area contributed by atoms with Gasteiger partial charge in [-0.2, -0.15) is 4.98 Å². The molecule has 0 aliphatic rings. The molecule has 8 N–H and O–H groups in total. The van der Waals surface area contributed by atoms with E-state index in [9.17, 15) is 18.8 Å². The predicted molar refractivity (Wildman–Crippen MR) is 147 cm³/mol. The fourth-order valence-corrected chi connectivity index (χ4v) is 3.83. The van der Waals surface area contributed by atoms with Crippen LogP contribution in [0.15, 0.2) is 59.5 Å². The average Bonchev–Trinajstić information content (AvgIpc) is 2.91. The summed E-state index contributed by atoms with van der Waals surface area (Å²) in [5.74, 6) is 0.112. The Hall–Kier alpha value is -4.49. The third-order valence-corrected chi connectivity index (χ3v) is 5.67. The minimum Gasteiger partial charge on any atom is -0.461 e. The molecule has 1 aromatic heterocycles. The second-order valence-corrected chi connectivity index (χ2v) is 8.56. The summed E-state index contributed by atoms with van der Waals surface area (Å²) in [5.41, 5.74) is 12.6. The van der Waals surface area contributed by atoms with E-state index in [1.165, 1.54) is 12.3 Å². The molecule has 0 saturated carbocycles. The van der Waals surface area contributed by atoms with Crippen LogP contribution >= 0.6 is 0 Å². The van der Waals surface area contributed by atoms with E-state index in [-0.39, 0.29) is 17.4 Å². The second kappa shape index (κ2) is 15.1. The highest BCUT2D eigenvalue weighted by Crippen LogP contribution is 2.24. The largest absolute Gasteiger partial charge is 0.461 e. The molecule has 4 amide bonds. The second-order valence-electron chi connectivity index (χ2n) is 8.56. The number of carbonyl (C=O) groups excluding carboxylic acids is 2. The fourth-order valence-electron chi connectivity index (χ4n) is 3.83. The molecule has 12 nitrogen and oxygen atoms in total. The van der Waals surface area contributed by atoms with Crippen molar-refractivity contribution in [2.75, 3.05) is 43.7 Å². The molecule has 3 aromatic rings. The lowest BCUT2D eigenvalue weighted by atomic mass is 10.1. The molecule has 0 aliphatic heterocycles. The van der Waals surface area contributed by atoms with Gasteiger partial charge in [0.05, 0.1) is 11.3 Å². The summed E-state index contributed by atoms with van der Waals surface area (Å²) in [7, 11) is 0. The van der Waals surface area contributed by atoms with Gasteiger partial charge in [0.1, 0.15) is 5.75 Å². The van der Waals surface area contributed by atoms with E-state index in [2.05, 4.69) is 30.8 Å². The molecule has 0 atom stereocenters. The maximum atomic E-state index is 12.7. The topological polar surface area (TPSA) is 180 Å². The highest BCUT2D eigenvalue weighted by molar-refractivity contribution is 5.99. The Morgan fingerprint density at radius 1 is 1.05 bits per heavy atom. The molecule has 2 aromatic carbocycles. The molecule has 0 fully saturated rings. The number of hydrogen-bond acceptors (Lipinski definition) is 7. The Balaban J connectivity index is 1.61. The monoisotopic (exact) mass is 540 g/mol. The third kappa shape index (κ3) is 9.39. The molecule has 0 saturated heterocycles. The molecular weight excluding hydrogens is 507 g/mol. The standard InChI is InChI=1S/C26H33FN8O4/c27-17-39-22-6-2-1-5-21(22)32-26(38)34-25-31-15-20(23(36)33-25)19-9-7-18(8-10-19)16-35(13-3-11-28)14-4-12-30-24(29)37/h1-2,5-10,15H,3-4,11-14,16-17,28H2,(H3,29,30,37)(H3,31,32,33,34,36,38). The van der Waals surface area contributed by atoms with Crippen LogP contribution in [0.3, 0.4) is 0 Å². The van der Waals surface area contributed by atoms with Crippen LogP contribution in [0.25, 0.3) is 11.1 Å². The van der Waals surface area contributed by atoms with Crippen LogP contribution in [0.1, 0.15) is 18.4 Å². The van der Waals surface area contributed by atoms with Gasteiger partial charge in [0.15, 0.2) is 0 Å². The van der Waals surface area contributed by atoms with Gasteiger partial charge in [0.2, 0.25) is 12.8 Å². The number of rotatable bonds is 14. The van der Waals surface area contributed by atoms with Crippen LogP contribution in [-0.2, 0) is 6.54 Å². The number of amides is 4. The number of nitrogens with two attached hydrogens (primary N) is 2. The normalized spacial score (nSPS) is 10.7. The van der Waals surface area contributed by atoms with Crippen molar-refractivity contribution >= 4 is 23.7 Å².